The van der Waals surface area contributed by atoms with Crippen LogP contribution in [0.5, 0.6) is 5.75 Å². The Labute approximate surface area is 154 Å². The van der Waals surface area contributed by atoms with Crippen LogP contribution in [0.2, 0.25) is 0 Å². The predicted molar refractivity (Wildman–Crippen MR) is 101 cm³/mol. The van der Waals surface area contributed by atoms with Crippen LogP contribution in [0.3, 0.4) is 0 Å². The Kier molecular flexibility index (Phi) is 6.41. The zero-order valence-electron chi connectivity index (χ0n) is 15.5. The summed E-state index contributed by atoms with van der Waals surface area (Å²) in [5.41, 5.74) is 2.13. The average Bonchev–Trinajstić information content (AvgIpc) is 3.19. The topological polar surface area (TPSA) is 67.7 Å². The summed E-state index contributed by atoms with van der Waals surface area (Å²) in [6, 6.07) is 10.1. The third kappa shape index (κ3) is 4.51. The lowest BCUT2D eigenvalue weighted by atomic mass is 10.0. The summed E-state index contributed by atoms with van der Waals surface area (Å²) in [7, 11) is 1.68. The molecule has 1 atom stereocenters. The Morgan fingerprint density at radius 1 is 1.31 bits per heavy atom. The van der Waals surface area contributed by atoms with E-state index in [-0.39, 0.29) is 6.61 Å². The van der Waals surface area contributed by atoms with E-state index in [0.29, 0.717) is 25.4 Å². The molecule has 1 unspecified atom stereocenters. The van der Waals surface area contributed by atoms with E-state index in [4.69, 9.17) is 9.47 Å². The molecule has 1 aromatic heterocycles. The fraction of sp³-hybridized carbons (Fsp3) is 0.500. The summed E-state index contributed by atoms with van der Waals surface area (Å²) in [5, 5.41) is 9.31. The van der Waals surface area contributed by atoms with Crippen LogP contribution in [0.1, 0.15) is 35.8 Å². The Hall–Kier alpha value is -2.18. The number of aromatic nitrogens is 2. The van der Waals surface area contributed by atoms with E-state index >= 15 is 0 Å². The van der Waals surface area contributed by atoms with E-state index in [1.807, 2.05) is 25.1 Å². The fourth-order valence-corrected chi connectivity index (χ4v) is 3.29. The second kappa shape index (κ2) is 8.96. The first-order valence-electron chi connectivity index (χ1n) is 9.12. The number of ether oxygens (including phenoxy) is 2. The molecule has 1 N–H and O–H groups in total. The Bertz CT molecular complexity index is 717. The van der Waals surface area contributed by atoms with Gasteiger partial charge in [0.05, 0.1) is 19.4 Å². The summed E-state index contributed by atoms with van der Waals surface area (Å²) in [5.74, 6) is 2.84. The molecule has 0 bridgehead atoms. The highest BCUT2D eigenvalue weighted by molar-refractivity contribution is 5.44. The first kappa shape index (κ1) is 18.6. The minimum absolute atomic E-state index is 0.149. The molecule has 0 aliphatic carbocycles. The molecule has 0 saturated carbocycles. The SMILES string of the molecule is COc1ccccc1CN(CCCO)c1cc(C2CCOC2)nc(C)n1. The highest BCUT2D eigenvalue weighted by Crippen LogP contribution is 2.28. The van der Waals surface area contributed by atoms with Crippen LogP contribution in [-0.2, 0) is 11.3 Å². The molecule has 0 radical (unpaired) electrons. The van der Waals surface area contributed by atoms with Gasteiger partial charge >= 0.3 is 0 Å². The van der Waals surface area contributed by atoms with E-state index in [1.165, 1.54) is 0 Å². The second-order valence-corrected chi connectivity index (χ2v) is 6.57. The van der Waals surface area contributed by atoms with Gasteiger partial charge in [-0.3, -0.25) is 0 Å². The van der Waals surface area contributed by atoms with Crippen LogP contribution in [0.25, 0.3) is 0 Å². The van der Waals surface area contributed by atoms with Crippen molar-refractivity contribution in [3.05, 3.63) is 47.4 Å². The minimum Gasteiger partial charge on any atom is -0.496 e. The summed E-state index contributed by atoms with van der Waals surface area (Å²) in [4.78, 5) is 11.5. The number of hydrogen-bond acceptors (Lipinski definition) is 6. The lowest BCUT2D eigenvalue weighted by molar-refractivity contribution is 0.193. The maximum Gasteiger partial charge on any atom is 0.132 e. The molecular weight excluding hydrogens is 330 g/mol. The van der Waals surface area contributed by atoms with Crippen molar-refractivity contribution in [1.29, 1.82) is 0 Å². The highest BCUT2D eigenvalue weighted by Gasteiger charge is 2.21. The molecule has 2 heterocycles. The molecule has 1 aromatic carbocycles. The van der Waals surface area contributed by atoms with Crippen molar-refractivity contribution >= 4 is 5.82 Å². The van der Waals surface area contributed by atoms with Crippen LogP contribution in [-0.4, -0.2) is 48.5 Å². The normalized spacial score (nSPS) is 16.7. The number of rotatable bonds is 8. The Morgan fingerprint density at radius 3 is 2.88 bits per heavy atom. The van der Waals surface area contributed by atoms with Gasteiger partial charge in [0, 0.05) is 43.9 Å². The largest absolute Gasteiger partial charge is 0.496 e. The zero-order valence-corrected chi connectivity index (χ0v) is 15.5. The zero-order chi connectivity index (χ0) is 18.4. The molecule has 0 spiro atoms. The smallest absolute Gasteiger partial charge is 0.132 e. The van der Waals surface area contributed by atoms with Crippen LogP contribution in [0.4, 0.5) is 5.82 Å². The summed E-state index contributed by atoms with van der Waals surface area (Å²) in [6.07, 6.45) is 1.68. The van der Waals surface area contributed by atoms with Crippen molar-refractivity contribution in [2.24, 2.45) is 0 Å². The van der Waals surface area contributed by atoms with Crippen molar-refractivity contribution in [1.82, 2.24) is 9.97 Å². The molecule has 2 aromatic rings. The summed E-state index contributed by atoms with van der Waals surface area (Å²) < 4.78 is 11.0. The molecule has 6 nitrogen and oxygen atoms in total. The Morgan fingerprint density at radius 2 is 2.15 bits per heavy atom. The van der Waals surface area contributed by atoms with Gasteiger partial charge in [-0.25, -0.2) is 9.97 Å². The quantitative estimate of drug-likeness (QED) is 0.783. The van der Waals surface area contributed by atoms with Crippen LogP contribution in [0, 0.1) is 6.92 Å². The van der Waals surface area contributed by atoms with E-state index in [2.05, 4.69) is 27.0 Å². The van der Waals surface area contributed by atoms with E-state index in [0.717, 1.165) is 48.3 Å². The van der Waals surface area contributed by atoms with Crippen molar-refractivity contribution in [3.63, 3.8) is 0 Å². The maximum atomic E-state index is 9.31. The molecule has 3 rings (SSSR count). The van der Waals surface area contributed by atoms with Crippen LogP contribution >= 0.6 is 0 Å². The number of para-hydroxylation sites is 1. The van der Waals surface area contributed by atoms with Crippen molar-refractivity contribution in [3.8, 4) is 5.75 Å². The number of aryl methyl sites for hydroxylation is 1. The lowest BCUT2D eigenvalue weighted by Gasteiger charge is -2.25. The van der Waals surface area contributed by atoms with Gasteiger partial charge in [0.25, 0.3) is 0 Å². The first-order valence-corrected chi connectivity index (χ1v) is 9.12. The van der Waals surface area contributed by atoms with Gasteiger partial charge in [-0.15, -0.1) is 0 Å². The second-order valence-electron chi connectivity index (χ2n) is 6.57. The number of anilines is 1. The van der Waals surface area contributed by atoms with Crippen molar-refractivity contribution in [2.75, 3.05) is 38.4 Å². The molecule has 6 heteroatoms. The summed E-state index contributed by atoms with van der Waals surface area (Å²) >= 11 is 0. The molecule has 140 valence electrons. The predicted octanol–water partition coefficient (Wildman–Crippen LogP) is 2.69. The molecule has 0 amide bonds. The molecule has 26 heavy (non-hydrogen) atoms. The minimum atomic E-state index is 0.149. The standard InChI is InChI=1S/C20H27N3O3/c1-15-21-18(17-8-11-26-14-17)12-20(22-15)23(9-5-10-24)13-16-6-3-4-7-19(16)25-2/h3-4,6-7,12,17,24H,5,8-11,13-14H2,1-2H3. The van der Waals surface area contributed by atoms with E-state index < -0.39 is 0 Å². The number of hydrogen-bond donors (Lipinski definition) is 1. The number of aliphatic hydroxyl groups is 1. The van der Waals surface area contributed by atoms with Gasteiger partial charge in [-0.1, -0.05) is 18.2 Å². The lowest BCUT2D eigenvalue weighted by Crippen LogP contribution is -2.26. The van der Waals surface area contributed by atoms with Crippen molar-refractivity contribution < 1.29 is 14.6 Å². The number of methoxy groups -OCH3 is 1. The third-order valence-corrected chi connectivity index (χ3v) is 4.66. The molecule has 1 saturated heterocycles. The average molecular weight is 357 g/mol. The van der Waals surface area contributed by atoms with E-state index in [9.17, 15) is 5.11 Å². The van der Waals surface area contributed by atoms with Gasteiger partial charge in [0.15, 0.2) is 0 Å². The third-order valence-electron chi connectivity index (χ3n) is 4.66. The number of aliphatic hydroxyl groups excluding tert-OH is 1. The van der Waals surface area contributed by atoms with E-state index in [1.54, 1.807) is 7.11 Å². The van der Waals surface area contributed by atoms with Crippen LogP contribution in [0.15, 0.2) is 30.3 Å². The summed E-state index contributed by atoms with van der Waals surface area (Å²) in [6.45, 7) is 4.97. The molecule has 1 aliphatic heterocycles. The van der Waals surface area contributed by atoms with Gasteiger partial charge in [0.2, 0.25) is 0 Å². The molecular formula is C20H27N3O3. The highest BCUT2D eigenvalue weighted by atomic mass is 16.5. The fourth-order valence-electron chi connectivity index (χ4n) is 3.29. The maximum absolute atomic E-state index is 9.31. The van der Waals surface area contributed by atoms with Crippen LogP contribution < -0.4 is 9.64 Å². The van der Waals surface area contributed by atoms with Crippen molar-refractivity contribution in [2.45, 2.75) is 32.2 Å². The number of benzene rings is 1. The number of nitrogens with zero attached hydrogens (tertiary/aromatic N) is 3. The molecule has 1 aliphatic rings. The van der Waals surface area contributed by atoms with Gasteiger partial charge in [-0.05, 0) is 25.8 Å². The van der Waals surface area contributed by atoms with Gasteiger partial charge in [0.1, 0.15) is 17.4 Å². The Balaban J connectivity index is 1.89. The van der Waals surface area contributed by atoms with Gasteiger partial charge in [-0.2, -0.15) is 0 Å². The first-order chi connectivity index (χ1) is 12.7. The van der Waals surface area contributed by atoms with Gasteiger partial charge < -0.3 is 19.5 Å². The molecule has 1 fully saturated rings. The monoisotopic (exact) mass is 357 g/mol.